The molecule has 0 radical (unpaired) electrons. The number of nitrogens with two attached hydrogens (primary N) is 1. The van der Waals surface area contributed by atoms with Crippen LogP contribution in [0.2, 0.25) is 0 Å². The molecule has 3 aromatic heterocycles. The predicted molar refractivity (Wildman–Crippen MR) is 178 cm³/mol. The minimum Gasteiger partial charge on any atom is -0.494 e. The zero-order chi connectivity index (χ0) is 33.6. The standard InChI is InChI=1S/C35H36F2N6O4S/c1-41-32-27(11-21(13-30(32)47-2)35(44)43-16-20-7-9-28(43)31(20)38)40-34(41)29-12-19-6-8-26(39-33(19)42(29)15-18-4-5-18)23-14-24(36)22(10-25(23)37)17-48(3,45)46/h6,8,10-14,18,20,28,31H,4-5,7,9,15-17,38H2,1-3H3. The van der Waals surface area contributed by atoms with Crippen LogP contribution in [0.5, 0.6) is 5.75 Å². The number of hydrogen-bond acceptors (Lipinski definition) is 7. The van der Waals surface area contributed by atoms with Gasteiger partial charge in [0, 0.05) is 60.6 Å². The molecule has 3 fully saturated rings. The molecule has 5 aromatic rings. The number of hydrogen-bond donors (Lipinski definition) is 1. The molecule has 2 aromatic carbocycles. The molecule has 48 heavy (non-hydrogen) atoms. The molecule has 4 heterocycles. The molecule has 2 aliphatic carbocycles. The summed E-state index contributed by atoms with van der Waals surface area (Å²) in [5.74, 6) is -0.253. The first-order valence-electron chi connectivity index (χ1n) is 16.2. The summed E-state index contributed by atoms with van der Waals surface area (Å²) in [6.07, 6.45) is 5.10. The Labute approximate surface area is 276 Å². The van der Waals surface area contributed by atoms with Gasteiger partial charge in [-0.2, -0.15) is 0 Å². The number of sulfone groups is 1. The molecule has 3 atom stereocenters. The molecular formula is C35H36F2N6O4S. The van der Waals surface area contributed by atoms with E-state index in [2.05, 4.69) is 4.57 Å². The number of benzene rings is 2. The second-order valence-corrected chi connectivity index (χ2v) is 15.8. The summed E-state index contributed by atoms with van der Waals surface area (Å²) in [5.41, 5.74) is 9.62. The van der Waals surface area contributed by atoms with Crippen molar-refractivity contribution in [3.63, 3.8) is 0 Å². The fourth-order valence-electron chi connectivity index (χ4n) is 7.65. The first kappa shape index (κ1) is 30.9. The fraction of sp³-hybridized carbons (Fsp3) is 0.400. The lowest BCUT2D eigenvalue weighted by atomic mass is 10.1. The molecular weight excluding hydrogens is 638 g/mol. The van der Waals surface area contributed by atoms with Gasteiger partial charge in [0.1, 0.15) is 28.5 Å². The topological polar surface area (TPSA) is 125 Å². The van der Waals surface area contributed by atoms with Crippen molar-refractivity contribution in [1.29, 1.82) is 0 Å². The monoisotopic (exact) mass is 674 g/mol. The average molecular weight is 675 g/mol. The highest BCUT2D eigenvalue weighted by molar-refractivity contribution is 7.89. The number of amides is 1. The molecule has 3 unspecified atom stereocenters. The quantitative estimate of drug-likeness (QED) is 0.244. The zero-order valence-electron chi connectivity index (χ0n) is 26.9. The highest BCUT2D eigenvalue weighted by atomic mass is 32.2. The number of likely N-dealkylation sites (tertiary alicyclic amines) is 1. The van der Waals surface area contributed by atoms with Crippen molar-refractivity contribution >= 4 is 37.8 Å². The van der Waals surface area contributed by atoms with Crippen LogP contribution in [0.25, 0.3) is 44.8 Å². The lowest BCUT2D eigenvalue weighted by Gasteiger charge is -2.27. The van der Waals surface area contributed by atoms with Crippen molar-refractivity contribution in [2.45, 2.75) is 50.1 Å². The second-order valence-electron chi connectivity index (χ2n) is 13.7. The summed E-state index contributed by atoms with van der Waals surface area (Å²) in [7, 11) is -0.0729. The van der Waals surface area contributed by atoms with Crippen LogP contribution in [0.4, 0.5) is 8.78 Å². The van der Waals surface area contributed by atoms with Gasteiger partial charge in [-0.1, -0.05) is 0 Å². The van der Waals surface area contributed by atoms with Gasteiger partial charge in [0.2, 0.25) is 0 Å². The number of halogens is 2. The number of imidazole rings is 1. The van der Waals surface area contributed by atoms with E-state index in [1.54, 1.807) is 19.2 Å². The van der Waals surface area contributed by atoms with Gasteiger partial charge < -0.3 is 24.5 Å². The lowest BCUT2D eigenvalue weighted by molar-refractivity contribution is 0.0700. The van der Waals surface area contributed by atoms with Crippen LogP contribution in [0.3, 0.4) is 0 Å². The zero-order valence-corrected chi connectivity index (χ0v) is 27.7. The number of carbonyl (C=O) groups is 1. The minimum absolute atomic E-state index is 0.0123. The van der Waals surface area contributed by atoms with Crippen LogP contribution in [-0.2, 0) is 29.2 Å². The van der Waals surface area contributed by atoms with Gasteiger partial charge in [0.25, 0.3) is 5.91 Å². The Morgan fingerprint density at radius 1 is 1.04 bits per heavy atom. The smallest absolute Gasteiger partial charge is 0.254 e. The van der Waals surface area contributed by atoms with Gasteiger partial charge in [-0.25, -0.2) is 27.2 Å². The van der Waals surface area contributed by atoms with E-state index in [0.717, 1.165) is 60.7 Å². The van der Waals surface area contributed by atoms with Crippen molar-refractivity contribution in [2.75, 3.05) is 19.9 Å². The van der Waals surface area contributed by atoms with Crippen LogP contribution in [0.1, 0.15) is 41.6 Å². The molecule has 13 heteroatoms. The molecule has 1 amide bonds. The van der Waals surface area contributed by atoms with Crippen molar-refractivity contribution in [2.24, 2.45) is 24.6 Å². The largest absolute Gasteiger partial charge is 0.494 e. The van der Waals surface area contributed by atoms with E-state index in [-0.39, 0.29) is 34.8 Å². The Morgan fingerprint density at radius 2 is 1.83 bits per heavy atom. The van der Waals surface area contributed by atoms with Gasteiger partial charge in [-0.15, -0.1) is 0 Å². The Morgan fingerprint density at radius 3 is 2.50 bits per heavy atom. The summed E-state index contributed by atoms with van der Waals surface area (Å²) >= 11 is 0. The molecule has 2 saturated carbocycles. The van der Waals surface area contributed by atoms with Crippen molar-refractivity contribution in [3.8, 4) is 28.5 Å². The third-order valence-corrected chi connectivity index (χ3v) is 11.1. The number of rotatable bonds is 8. The molecule has 0 spiro atoms. The highest BCUT2D eigenvalue weighted by Crippen LogP contribution is 2.40. The Hall–Kier alpha value is -4.36. The number of nitrogens with zero attached hydrogens (tertiary/aromatic N) is 5. The van der Waals surface area contributed by atoms with E-state index >= 15 is 4.39 Å². The molecule has 2 bridgehead atoms. The van der Waals surface area contributed by atoms with E-state index in [4.69, 9.17) is 20.4 Å². The number of pyridine rings is 1. The summed E-state index contributed by atoms with van der Waals surface area (Å²) < 4.78 is 63.6. The van der Waals surface area contributed by atoms with Crippen LogP contribution in [0.15, 0.2) is 42.5 Å². The first-order valence-corrected chi connectivity index (χ1v) is 18.2. The third kappa shape index (κ3) is 5.14. The van der Waals surface area contributed by atoms with E-state index in [1.807, 2.05) is 34.7 Å². The van der Waals surface area contributed by atoms with Gasteiger partial charge in [-0.3, -0.25) is 4.79 Å². The number of methoxy groups -OCH3 is 1. The molecule has 1 aliphatic heterocycles. The van der Waals surface area contributed by atoms with Crippen molar-refractivity contribution in [1.82, 2.24) is 24.0 Å². The SMILES string of the molecule is COc1cc(C(=O)N2CC3CCC2C3N)cc2nc(-c3cc4ccc(-c5cc(F)c(CS(C)(=O)=O)cc5F)nc4n3CC3CC3)n(C)c12. The molecule has 8 rings (SSSR count). The summed E-state index contributed by atoms with van der Waals surface area (Å²) in [4.78, 5) is 25.5. The van der Waals surface area contributed by atoms with Gasteiger partial charge >= 0.3 is 0 Å². The molecule has 2 N–H and O–H groups in total. The molecule has 250 valence electrons. The van der Waals surface area contributed by atoms with E-state index in [1.165, 1.54) is 0 Å². The Balaban J connectivity index is 1.22. The number of piperidine rings is 1. The second kappa shape index (κ2) is 11.1. The number of fused-ring (bicyclic) bond motifs is 4. The van der Waals surface area contributed by atoms with E-state index in [0.29, 0.717) is 53.2 Å². The Bertz CT molecular complexity index is 2260. The maximum atomic E-state index is 15.3. The van der Waals surface area contributed by atoms with Crippen LogP contribution in [-0.4, -0.2) is 70.3 Å². The maximum absolute atomic E-state index is 15.3. The maximum Gasteiger partial charge on any atom is 0.254 e. The van der Waals surface area contributed by atoms with Crippen molar-refractivity contribution in [3.05, 3.63) is 65.2 Å². The summed E-state index contributed by atoms with van der Waals surface area (Å²) in [6, 6.07) is 11.0. The molecule has 3 aliphatic rings. The minimum atomic E-state index is -3.55. The van der Waals surface area contributed by atoms with Crippen LogP contribution in [0, 0.1) is 23.5 Å². The van der Waals surface area contributed by atoms with Gasteiger partial charge in [-0.05, 0) is 80.0 Å². The summed E-state index contributed by atoms with van der Waals surface area (Å²) in [6.45, 7) is 1.33. The summed E-state index contributed by atoms with van der Waals surface area (Å²) in [5, 5.41) is 0.805. The first-order chi connectivity index (χ1) is 22.9. The van der Waals surface area contributed by atoms with Gasteiger partial charge in [0.05, 0.1) is 29.8 Å². The number of ether oxygens (including phenoxy) is 1. The van der Waals surface area contributed by atoms with Crippen LogP contribution < -0.4 is 10.5 Å². The number of aryl methyl sites for hydroxylation is 1. The third-order valence-electron chi connectivity index (χ3n) is 10.3. The Kier molecular flexibility index (Phi) is 7.15. The predicted octanol–water partition coefficient (Wildman–Crippen LogP) is 5.06. The normalized spacial score (nSPS) is 20.8. The lowest BCUT2D eigenvalue weighted by Crippen LogP contribution is -2.41. The molecule has 10 nitrogen and oxygen atoms in total. The van der Waals surface area contributed by atoms with Crippen LogP contribution >= 0.6 is 0 Å². The van der Waals surface area contributed by atoms with Crippen molar-refractivity contribution < 1.29 is 26.7 Å². The van der Waals surface area contributed by atoms with E-state index < -0.39 is 27.2 Å². The highest BCUT2D eigenvalue weighted by Gasteiger charge is 2.47. The molecule has 1 saturated heterocycles. The fourth-order valence-corrected chi connectivity index (χ4v) is 8.44. The van der Waals surface area contributed by atoms with Gasteiger partial charge in [0.15, 0.2) is 15.7 Å². The van der Waals surface area contributed by atoms with E-state index in [9.17, 15) is 17.6 Å². The number of aromatic nitrogens is 4. The average Bonchev–Trinajstić information content (AvgIpc) is 3.45. The number of carbonyl (C=O) groups excluding carboxylic acids is 1.